The average molecular weight is 461 g/mol. The highest BCUT2D eigenvalue weighted by molar-refractivity contribution is 5.96. The van der Waals surface area contributed by atoms with Crippen LogP contribution in [0.15, 0.2) is 24.5 Å². The maximum absolute atomic E-state index is 13.0. The van der Waals surface area contributed by atoms with Gasteiger partial charge in [0.1, 0.15) is 11.5 Å². The monoisotopic (exact) mass is 461 g/mol. The number of nitrogens with zero attached hydrogens (tertiary/aromatic N) is 6. The molecule has 1 N–H and O–H groups in total. The van der Waals surface area contributed by atoms with Gasteiger partial charge in [0.05, 0.1) is 12.8 Å². The van der Waals surface area contributed by atoms with Gasteiger partial charge in [0.25, 0.3) is 5.88 Å². The van der Waals surface area contributed by atoms with E-state index < -0.39 is 11.9 Å². The van der Waals surface area contributed by atoms with E-state index >= 15 is 0 Å². The number of aromatic amines is 1. The number of carbonyl (C=O) groups is 1. The van der Waals surface area contributed by atoms with E-state index in [2.05, 4.69) is 30.0 Å². The molecule has 9 nitrogen and oxygen atoms in total. The zero-order valence-corrected chi connectivity index (χ0v) is 17.9. The molecule has 5 rings (SSSR count). The predicted octanol–water partition coefficient (Wildman–Crippen LogP) is 3.19. The van der Waals surface area contributed by atoms with Crippen molar-refractivity contribution in [2.75, 3.05) is 36.0 Å². The Kier molecular flexibility index (Phi) is 5.09. The number of halogens is 3. The Morgan fingerprint density at radius 3 is 2.76 bits per heavy atom. The van der Waals surface area contributed by atoms with Crippen LogP contribution in [0.5, 0.6) is 5.88 Å². The van der Waals surface area contributed by atoms with E-state index in [0.717, 1.165) is 25.1 Å². The van der Waals surface area contributed by atoms with Gasteiger partial charge in [-0.1, -0.05) is 0 Å². The summed E-state index contributed by atoms with van der Waals surface area (Å²) in [5.74, 6) is 0.956. The van der Waals surface area contributed by atoms with Gasteiger partial charge in [-0.2, -0.15) is 13.2 Å². The minimum atomic E-state index is -4.55. The summed E-state index contributed by atoms with van der Waals surface area (Å²) < 4.78 is 44.6. The molecule has 0 radical (unpaired) electrons. The lowest BCUT2D eigenvalue weighted by molar-refractivity contribution is -0.141. The molecular formula is C21H22F3N7O2. The lowest BCUT2D eigenvalue weighted by Crippen LogP contribution is -2.42. The molecule has 0 atom stereocenters. The average Bonchev–Trinajstić information content (AvgIpc) is 3.34. The van der Waals surface area contributed by atoms with Gasteiger partial charge < -0.3 is 14.5 Å². The third kappa shape index (κ3) is 3.93. The van der Waals surface area contributed by atoms with Gasteiger partial charge in [0, 0.05) is 43.4 Å². The minimum absolute atomic E-state index is 0.162. The van der Waals surface area contributed by atoms with Gasteiger partial charge in [-0.15, -0.1) is 5.10 Å². The smallest absolute Gasteiger partial charge is 0.433 e. The van der Waals surface area contributed by atoms with Crippen molar-refractivity contribution in [3.8, 4) is 5.88 Å². The number of nitrogens with one attached hydrogen (secondary N) is 1. The van der Waals surface area contributed by atoms with Crippen LogP contribution < -0.4 is 14.5 Å². The highest BCUT2D eigenvalue weighted by atomic mass is 19.4. The van der Waals surface area contributed by atoms with E-state index in [0.29, 0.717) is 55.5 Å². The Bertz CT molecular complexity index is 1190. The second-order valence-corrected chi connectivity index (χ2v) is 8.43. The normalized spacial score (nSPS) is 18.5. The van der Waals surface area contributed by atoms with Crippen molar-refractivity contribution in [1.29, 1.82) is 0 Å². The number of ether oxygens (including phenoxy) is 1. The molecule has 33 heavy (non-hydrogen) atoms. The molecule has 0 unspecified atom stereocenters. The Balaban J connectivity index is 1.29. The van der Waals surface area contributed by atoms with E-state index in [1.165, 1.54) is 11.0 Å². The fourth-order valence-electron chi connectivity index (χ4n) is 4.58. The molecule has 0 aromatic carbocycles. The van der Waals surface area contributed by atoms with Crippen molar-refractivity contribution >= 4 is 28.6 Å². The predicted molar refractivity (Wildman–Crippen MR) is 113 cm³/mol. The standard InChI is InChI=1S/C21H22F3N7O2/c1-2-33-19-17-18(28-29-19)27-15(11-26-17)30-7-4-20(5-8-30)10-16(32)31(12-20)13-3-6-25-14(9-13)21(22,23)24/h3,6,9,11H,2,4-5,7-8,10,12H2,1H3,(H,27,28,29). The van der Waals surface area contributed by atoms with Crippen molar-refractivity contribution in [2.45, 2.75) is 32.4 Å². The molecule has 0 saturated carbocycles. The summed E-state index contributed by atoms with van der Waals surface area (Å²) in [6, 6.07) is 2.39. The number of anilines is 2. The van der Waals surface area contributed by atoms with E-state index in [9.17, 15) is 18.0 Å². The quantitative estimate of drug-likeness (QED) is 0.637. The maximum atomic E-state index is 13.0. The Labute approximate surface area is 187 Å². The number of hydrogen-bond acceptors (Lipinski definition) is 7. The number of fused-ring (bicyclic) bond motifs is 1. The SMILES string of the molecule is CCOc1n[nH]c2nc(N3CCC4(CC3)CC(=O)N(c3ccnc(C(F)(F)F)c3)C4)cnc12. The molecule has 2 saturated heterocycles. The summed E-state index contributed by atoms with van der Waals surface area (Å²) in [4.78, 5) is 28.7. The first-order valence-corrected chi connectivity index (χ1v) is 10.7. The van der Waals surface area contributed by atoms with Crippen molar-refractivity contribution in [1.82, 2.24) is 25.1 Å². The molecule has 2 aliphatic heterocycles. The molecule has 0 bridgehead atoms. The highest BCUT2D eigenvalue weighted by Crippen LogP contribution is 2.43. The van der Waals surface area contributed by atoms with Crippen LogP contribution >= 0.6 is 0 Å². The summed E-state index contributed by atoms with van der Waals surface area (Å²) in [6.07, 6.45) is -0.0193. The number of alkyl halides is 3. The Morgan fingerprint density at radius 1 is 1.24 bits per heavy atom. The van der Waals surface area contributed by atoms with Crippen LogP contribution in [-0.4, -0.2) is 57.3 Å². The van der Waals surface area contributed by atoms with Crippen LogP contribution in [0.2, 0.25) is 0 Å². The molecule has 12 heteroatoms. The number of rotatable bonds is 4. The maximum Gasteiger partial charge on any atom is 0.433 e. The van der Waals surface area contributed by atoms with E-state index in [-0.39, 0.29) is 17.0 Å². The van der Waals surface area contributed by atoms with Gasteiger partial charge in [-0.05, 0) is 31.9 Å². The Morgan fingerprint density at radius 2 is 2.03 bits per heavy atom. The summed E-state index contributed by atoms with van der Waals surface area (Å²) in [7, 11) is 0. The summed E-state index contributed by atoms with van der Waals surface area (Å²) in [6.45, 7) is 4.06. The third-order valence-corrected chi connectivity index (χ3v) is 6.32. The minimum Gasteiger partial charge on any atom is -0.475 e. The van der Waals surface area contributed by atoms with Crippen LogP contribution in [0, 0.1) is 5.41 Å². The first-order chi connectivity index (χ1) is 15.8. The molecule has 5 heterocycles. The van der Waals surface area contributed by atoms with E-state index in [1.54, 1.807) is 6.20 Å². The molecule has 3 aromatic heterocycles. The summed E-state index contributed by atoms with van der Waals surface area (Å²) >= 11 is 0. The number of carbonyl (C=O) groups excluding carboxylic acids is 1. The van der Waals surface area contributed by atoms with Crippen molar-refractivity contribution in [2.24, 2.45) is 5.41 Å². The van der Waals surface area contributed by atoms with Gasteiger partial charge in [-0.25, -0.2) is 9.97 Å². The second-order valence-electron chi connectivity index (χ2n) is 8.43. The van der Waals surface area contributed by atoms with Crippen LogP contribution in [0.4, 0.5) is 24.7 Å². The van der Waals surface area contributed by atoms with Crippen LogP contribution in [0.3, 0.4) is 0 Å². The van der Waals surface area contributed by atoms with Crippen molar-refractivity contribution in [3.63, 3.8) is 0 Å². The number of H-pyrrole nitrogens is 1. The van der Waals surface area contributed by atoms with Gasteiger partial charge in [0.2, 0.25) is 5.91 Å². The van der Waals surface area contributed by atoms with Gasteiger partial charge >= 0.3 is 6.18 Å². The molecule has 2 fully saturated rings. The number of pyridine rings is 1. The number of amides is 1. The van der Waals surface area contributed by atoms with E-state index in [1.807, 2.05) is 6.92 Å². The van der Waals surface area contributed by atoms with Crippen LogP contribution in [0.1, 0.15) is 31.9 Å². The first-order valence-electron chi connectivity index (χ1n) is 10.7. The fraction of sp³-hybridized carbons (Fsp3) is 0.476. The van der Waals surface area contributed by atoms with E-state index in [4.69, 9.17) is 4.74 Å². The van der Waals surface area contributed by atoms with Crippen molar-refractivity contribution < 1.29 is 22.7 Å². The lowest BCUT2D eigenvalue weighted by Gasteiger charge is -2.39. The zero-order chi connectivity index (χ0) is 23.2. The number of hydrogen-bond donors (Lipinski definition) is 1. The topological polar surface area (TPSA) is 100 Å². The largest absolute Gasteiger partial charge is 0.475 e. The molecule has 174 valence electrons. The van der Waals surface area contributed by atoms with Crippen LogP contribution in [-0.2, 0) is 11.0 Å². The molecular weight excluding hydrogens is 439 g/mol. The highest BCUT2D eigenvalue weighted by Gasteiger charge is 2.46. The van der Waals surface area contributed by atoms with Crippen LogP contribution in [0.25, 0.3) is 11.2 Å². The second kappa shape index (κ2) is 7.85. The Hall–Kier alpha value is -3.44. The lowest BCUT2D eigenvalue weighted by atomic mass is 9.77. The molecule has 0 aliphatic carbocycles. The summed E-state index contributed by atoms with van der Waals surface area (Å²) in [5, 5.41) is 6.92. The van der Waals surface area contributed by atoms with Crippen molar-refractivity contribution in [3.05, 3.63) is 30.2 Å². The fourth-order valence-corrected chi connectivity index (χ4v) is 4.58. The third-order valence-electron chi connectivity index (χ3n) is 6.32. The number of piperidine rings is 1. The first kappa shape index (κ1) is 21.4. The summed E-state index contributed by atoms with van der Waals surface area (Å²) in [5.41, 5.74) is 0.0764. The molecule has 2 aliphatic rings. The molecule has 1 spiro atoms. The van der Waals surface area contributed by atoms with Gasteiger partial charge in [-0.3, -0.25) is 14.9 Å². The van der Waals surface area contributed by atoms with Gasteiger partial charge in [0.15, 0.2) is 11.2 Å². The zero-order valence-electron chi connectivity index (χ0n) is 17.9. The molecule has 1 amide bonds. The number of aromatic nitrogens is 5. The molecule has 3 aromatic rings.